The summed E-state index contributed by atoms with van der Waals surface area (Å²) < 4.78 is 15.0. The molecule has 2 rings (SSSR count). The van der Waals surface area contributed by atoms with Crippen LogP contribution in [-0.2, 0) is 61.0 Å². The first-order chi connectivity index (χ1) is 9.00. The Balaban J connectivity index is -0.0000000311. The van der Waals surface area contributed by atoms with E-state index in [1.54, 1.807) is 0 Å². The van der Waals surface area contributed by atoms with Crippen LogP contribution in [0.25, 0.3) is 0 Å². The third-order valence-corrected chi connectivity index (χ3v) is 1.11. The van der Waals surface area contributed by atoms with Crippen LogP contribution in [0, 0.1) is 13.3 Å². The Hall–Kier alpha value is -1.10. The molecule has 20 heavy (non-hydrogen) atoms. The van der Waals surface area contributed by atoms with Gasteiger partial charge in [0.1, 0.15) is 0 Å². The molecule has 0 aliphatic heterocycles. The quantitative estimate of drug-likeness (QED) is 0.275. The van der Waals surface area contributed by atoms with Crippen molar-refractivity contribution in [3.63, 3.8) is 0 Å². The van der Waals surface area contributed by atoms with E-state index >= 15 is 0 Å². The van der Waals surface area contributed by atoms with E-state index in [1.165, 1.54) is 0 Å². The smallest absolute Gasteiger partial charge is 0 e. The second-order valence-electron chi connectivity index (χ2n) is 1.92. The fourth-order valence-corrected chi connectivity index (χ4v) is 0.642. The van der Waals surface area contributed by atoms with Gasteiger partial charge in [-0.1, -0.05) is 0 Å². The van der Waals surface area contributed by atoms with Crippen molar-refractivity contribution in [1.82, 2.24) is 0 Å². The van der Waals surface area contributed by atoms with Crippen LogP contribution in [0.3, 0.4) is 0 Å². The first-order valence-corrected chi connectivity index (χ1v) is 4.21. The summed E-state index contributed by atoms with van der Waals surface area (Å²) in [7, 11) is 0. The van der Waals surface area contributed by atoms with Gasteiger partial charge in [-0.2, -0.15) is 18.2 Å². The molecule has 0 heterocycles. The van der Waals surface area contributed by atoms with Gasteiger partial charge in [-0.05, 0) is 0 Å². The minimum absolute atomic E-state index is 0. The van der Waals surface area contributed by atoms with Crippen LogP contribution in [0.4, 0.5) is 0 Å². The Kier molecular flexibility index (Phi) is 117. The largest absolute Gasteiger partial charge is 0.748 e. The minimum Gasteiger partial charge on any atom is -0.748 e. The summed E-state index contributed by atoms with van der Waals surface area (Å²) in [5.74, 6) is 0. The molecule has 6 heteroatoms. The maximum absolute atomic E-state index is 7.75. The van der Waals surface area contributed by atoms with Crippen LogP contribution in [0.2, 0.25) is 0 Å². The average molecular weight is 436 g/mol. The van der Waals surface area contributed by atoms with Crippen LogP contribution in [0.1, 0.15) is 0 Å². The summed E-state index contributed by atoms with van der Waals surface area (Å²) in [5, 5.41) is 0. The van der Waals surface area contributed by atoms with E-state index in [2.05, 4.69) is 26.9 Å². The average Bonchev–Trinajstić information content (AvgIpc) is 3.25. The second kappa shape index (κ2) is 64.6. The molecule has 0 radical (unpaired) electrons. The summed E-state index contributed by atoms with van der Waals surface area (Å²) in [5.41, 5.74) is 0. The van der Waals surface area contributed by atoms with Crippen molar-refractivity contribution in [2.45, 2.75) is 0 Å². The van der Waals surface area contributed by atoms with Gasteiger partial charge in [0.15, 0.2) is 0 Å². The first kappa shape index (κ1) is 36.4. The molecule has 0 aliphatic rings. The van der Waals surface area contributed by atoms with Gasteiger partial charge in [0.2, 0.25) is 0 Å². The molecule has 4 nitrogen and oxygen atoms in total. The maximum Gasteiger partial charge on any atom is 0 e. The van der Waals surface area contributed by atoms with Crippen LogP contribution in [-0.4, -0.2) is 13.6 Å². The molecule has 0 fully saturated rings. The van der Waals surface area contributed by atoms with E-state index in [0.717, 1.165) is 0 Å². The monoisotopic (exact) mass is 440 g/mol. The molecule has 0 saturated heterocycles. The van der Waals surface area contributed by atoms with Crippen molar-refractivity contribution < 1.29 is 61.0 Å². The van der Waals surface area contributed by atoms with Gasteiger partial charge in [-0.15, -0.1) is 0 Å². The molecule has 0 atom stereocenters. The minimum atomic E-state index is 0. The fourth-order valence-electron chi connectivity index (χ4n) is 0.642. The van der Waals surface area contributed by atoms with E-state index in [-0.39, 0.29) is 42.1 Å². The summed E-state index contributed by atoms with van der Waals surface area (Å²) in [6, 6.07) is 20.0. The Bertz CT molecular complexity index is 247. The van der Waals surface area contributed by atoms with Gasteiger partial charge < -0.3 is 39.9 Å². The van der Waals surface area contributed by atoms with E-state index in [4.69, 9.17) is 18.9 Å². The molecule has 0 N–H and O–H groups in total. The molecule has 2 aromatic carbocycles. The molecular weight excluding hydrogens is 424 g/mol. The van der Waals surface area contributed by atoms with E-state index in [1.807, 2.05) is 60.7 Å². The molecule has 0 bridgehead atoms. The Labute approximate surface area is 148 Å². The molecule has 112 valence electrons. The molecule has 2 aromatic rings. The zero-order valence-corrected chi connectivity index (χ0v) is 14.4. The Morgan fingerprint density at radius 3 is 0.950 bits per heavy atom. The molecule has 0 aromatic heterocycles. The predicted molar refractivity (Wildman–Crippen MR) is 65.4 cm³/mol. The fraction of sp³-hybridized carbons (Fsp3) is 0. The molecular formula is C14H12Mo2O4-8. The normalized spacial score (nSPS) is 4.60. The van der Waals surface area contributed by atoms with Gasteiger partial charge in [-0.25, -0.2) is 12.1 Å². The van der Waals surface area contributed by atoms with Gasteiger partial charge in [0, 0.05) is 42.1 Å². The summed E-state index contributed by atoms with van der Waals surface area (Å²) >= 11 is 0. The topological polar surface area (TPSA) is 73.9 Å². The summed E-state index contributed by atoms with van der Waals surface area (Å²) in [6.45, 7) is 15.5. The van der Waals surface area contributed by atoms with Crippen molar-refractivity contribution in [2.24, 2.45) is 0 Å². The maximum atomic E-state index is 7.75. The molecule has 0 saturated carbocycles. The zero-order valence-electron chi connectivity index (χ0n) is 10.4. The predicted octanol–water partition coefficient (Wildman–Crippen LogP) is 2.18. The molecule has 0 spiro atoms. The SMILES string of the molecule is [C-]#[O+].[C-]#[O+].[CH-]=O.[CH-]=O.[Mo].[Mo].[cH-]1[cH-][cH-][cH-][cH-]1.c1cc[cH-]c1. The third kappa shape index (κ3) is 53.9. The van der Waals surface area contributed by atoms with E-state index < -0.39 is 0 Å². The van der Waals surface area contributed by atoms with Gasteiger partial charge >= 0.3 is 22.6 Å². The van der Waals surface area contributed by atoms with Crippen molar-refractivity contribution in [3.05, 3.63) is 74.0 Å². The Morgan fingerprint density at radius 1 is 0.650 bits per heavy atom. The second-order valence-corrected chi connectivity index (χ2v) is 1.92. The van der Waals surface area contributed by atoms with Crippen LogP contribution < -0.4 is 0 Å². The van der Waals surface area contributed by atoms with Crippen molar-refractivity contribution in [1.29, 1.82) is 0 Å². The third-order valence-electron chi connectivity index (χ3n) is 1.11. The molecule has 0 aliphatic carbocycles. The number of hydrogen-bond acceptors (Lipinski definition) is 2. The standard InChI is InChI=1S/2C5H5.2CHO.2CO.2Mo/c2*1-2-4-5-3-1;4*1-2;;/h2*1-5H;2*1H;;;;/q-5;3*-1;;;;. The van der Waals surface area contributed by atoms with Crippen molar-refractivity contribution >= 4 is 13.6 Å². The zero-order chi connectivity index (χ0) is 15.1. The number of rotatable bonds is 0. The van der Waals surface area contributed by atoms with E-state index in [9.17, 15) is 0 Å². The summed E-state index contributed by atoms with van der Waals surface area (Å²) in [6.07, 6.45) is 0. The van der Waals surface area contributed by atoms with Gasteiger partial charge in [0.05, 0.1) is 0 Å². The number of carbonyl (C=O) groups excluding carboxylic acids is 2. The van der Waals surface area contributed by atoms with Gasteiger partial charge in [-0.3, -0.25) is 13.6 Å². The first-order valence-electron chi connectivity index (χ1n) is 4.21. The van der Waals surface area contributed by atoms with Gasteiger partial charge in [0.25, 0.3) is 0 Å². The molecule has 0 amide bonds. The van der Waals surface area contributed by atoms with Crippen LogP contribution in [0.5, 0.6) is 0 Å². The van der Waals surface area contributed by atoms with Crippen molar-refractivity contribution in [3.8, 4) is 0 Å². The molecule has 0 unspecified atom stereocenters. The van der Waals surface area contributed by atoms with Crippen LogP contribution >= 0.6 is 0 Å². The summed E-state index contributed by atoms with van der Waals surface area (Å²) in [4.78, 5) is 15.5. The van der Waals surface area contributed by atoms with Crippen LogP contribution in [0.15, 0.2) is 60.7 Å². The Morgan fingerprint density at radius 2 is 0.850 bits per heavy atom. The number of hydrogen-bond donors (Lipinski definition) is 0. The van der Waals surface area contributed by atoms with Crippen molar-refractivity contribution in [2.75, 3.05) is 0 Å². The van der Waals surface area contributed by atoms with E-state index in [0.29, 0.717) is 0 Å².